The van der Waals surface area contributed by atoms with E-state index in [9.17, 15) is 9.59 Å². The van der Waals surface area contributed by atoms with Crippen molar-refractivity contribution in [3.05, 3.63) is 0 Å². The van der Waals surface area contributed by atoms with Gasteiger partial charge >= 0.3 is 6.09 Å². The van der Waals surface area contributed by atoms with Crippen LogP contribution in [0.15, 0.2) is 4.99 Å². The topological polar surface area (TPSA) is 67.8 Å². The number of hydrogen-bond acceptors (Lipinski definition) is 4. The van der Waals surface area contributed by atoms with Crippen LogP contribution in [0.4, 0.5) is 4.79 Å². The van der Waals surface area contributed by atoms with E-state index in [4.69, 9.17) is 4.74 Å². The quantitative estimate of drug-likeness (QED) is 0.632. The average Bonchev–Trinajstić information content (AvgIpc) is 2.27. The lowest BCUT2D eigenvalue weighted by molar-refractivity contribution is 0.0486. The van der Waals surface area contributed by atoms with Crippen molar-refractivity contribution in [1.82, 2.24) is 5.32 Å². The smallest absolute Gasteiger partial charge is 0.407 e. The first-order valence-corrected chi connectivity index (χ1v) is 6.88. The minimum Gasteiger partial charge on any atom is -0.444 e. The van der Waals surface area contributed by atoms with E-state index in [0.29, 0.717) is 5.92 Å². The number of aliphatic imine (C=N–C) groups is 1. The summed E-state index contributed by atoms with van der Waals surface area (Å²) in [4.78, 5) is 25.6. The molecule has 1 aliphatic carbocycles. The van der Waals surface area contributed by atoms with Crippen molar-refractivity contribution in [1.29, 1.82) is 0 Å². The maximum absolute atomic E-state index is 11.6. The van der Waals surface area contributed by atoms with Gasteiger partial charge in [-0.25, -0.2) is 14.6 Å². The second-order valence-corrected chi connectivity index (χ2v) is 6.22. The minimum absolute atomic E-state index is 0.0278. The Balaban J connectivity index is 2.34. The van der Waals surface area contributed by atoms with Gasteiger partial charge in [0.1, 0.15) is 5.60 Å². The summed E-state index contributed by atoms with van der Waals surface area (Å²) in [6.45, 7) is 7.49. The molecule has 0 aliphatic heterocycles. The molecular weight excluding hydrogens is 244 g/mol. The molecule has 0 aromatic carbocycles. The van der Waals surface area contributed by atoms with Crippen LogP contribution in [-0.2, 0) is 9.53 Å². The largest absolute Gasteiger partial charge is 0.444 e. The van der Waals surface area contributed by atoms with Gasteiger partial charge in [-0.2, -0.15) is 0 Å². The van der Waals surface area contributed by atoms with E-state index in [1.165, 1.54) is 0 Å². The fourth-order valence-electron chi connectivity index (χ4n) is 2.41. The van der Waals surface area contributed by atoms with E-state index in [-0.39, 0.29) is 18.2 Å². The average molecular weight is 268 g/mol. The van der Waals surface area contributed by atoms with E-state index in [1.807, 2.05) is 27.7 Å². The SMILES string of the molecule is CC(N=C=O)C1CCC(NC(=O)OC(C)(C)C)CC1. The first-order valence-electron chi connectivity index (χ1n) is 6.88. The highest BCUT2D eigenvalue weighted by molar-refractivity contribution is 5.68. The molecule has 1 rings (SSSR count). The van der Waals surface area contributed by atoms with E-state index in [1.54, 1.807) is 6.08 Å². The Morgan fingerprint density at radius 2 is 1.89 bits per heavy atom. The Bertz CT molecular complexity index is 348. The van der Waals surface area contributed by atoms with E-state index in [2.05, 4.69) is 10.3 Å². The molecule has 0 aromatic rings. The molecule has 1 amide bonds. The molecule has 1 unspecified atom stereocenters. The molecule has 0 bridgehead atoms. The van der Waals surface area contributed by atoms with Gasteiger partial charge in [-0.05, 0) is 59.3 Å². The standard InChI is InChI=1S/C14H24N2O3/c1-10(15-9-17)11-5-7-12(8-6-11)16-13(18)19-14(2,3)4/h10-12H,5-8H2,1-4H3,(H,16,18). The molecule has 0 radical (unpaired) electrons. The van der Waals surface area contributed by atoms with Crippen molar-refractivity contribution in [2.75, 3.05) is 0 Å². The molecule has 19 heavy (non-hydrogen) atoms. The zero-order valence-corrected chi connectivity index (χ0v) is 12.2. The molecule has 5 nitrogen and oxygen atoms in total. The number of carbonyl (C=O) groups is 1. The lowest BCUT2D eigenvalue weighted by Gasteiger charge is -2.31. The van der Waals surface area contributed by atoms with Crippen LogP contribution in [0.25, 0.3) is 0 Å². The number of amides is 1. The van der Waals surface area contributed by atoms with Crippen molar-refractivity contribution in [2.45, 2.75) is 71.1 Å². The van der Waals surface area contributed by atoms with E-state index >= 15 is 0 Å². The number of ether oxygens (including phenoxy) is 1. The van der Waals surface area contributed by atoms with Gasteiger partial charge in [0.2, 0.25) is 6.08 Å². The summed E-state index contributed by atoms with van der Waals surface area (Å²) in [5, 5.41) is 2.90. The molecule has 0 heterocycles. The van der Waals surface area contributed by atoms with Crippen molar-refractivity contribution in [3.8, 4) is 0 Å². The Hall–Kier alpha value is -1.35. The Labute approximate surface area is 114 Å². The van der Waals surface area contributed by atoms with Crippen LogP contribution in [0.3, 0.4) is 0 Å². The number of nitrogens with one attached hydrogen (secondary N) is 1. The number of carbonyl (C=O) groups excluding carboxylic acids is 2. The van der Waals surface area contributed by atoms with Crippen LogP contribution in [0.2, 0.25) is 0 Å². The van der Waals surface area contributed by atoms with Crippen LogP contribution < -0.4 is 5.32 Å². The highest BCUT2D eigenvalue weighted by atomic mass is 16.6. The van der Waals surface area contributed by atoms with Crippen molar-refractivity contribution < 1.29 is 14.3 Å². The van der Waals surface area contributed by atoms with Gasteiger partial charge < -0.3 is 10.1 Å². The predicted molar refractivity (Wildman–Crippen MR) is 72.7 cm³/mol. The first kappa shape index (κ1) is 15.7. The third-order valence-electron chi connectivity index (χ3n) is 3.43. The molecule has 0 saturated heterocycles. The third kappa shape index (κ3) is 5.88. The molecule has 1 saturated carbocycles. The second kappa shape index (κ2) is 6.71. The Morgan fingerprint density at radius 1 is 1.32 bits per heavy atom. The summed E-state index contributed by atoms with van der Waals surface area (Å²) in [6.07, 6.45) is 5.01. The molecule has 5 heteroatoms. The fraction of sp³-hybridized carbons (Fsp3) is 0.857. The van der Waals surface area contributed by atoms with Crippen molar-refractivity contribution in [2.24, 2.45) is 10.9 Å². The van der Waals surface area contributed by atoms with Crippen LogP contribution in [0.1, 0.15) is 53.4 Å². The molecule has 108 valence electrons. The zero-order valence-electron chi connectivity index (χ0n) is 12.2. The summed E-state index contributed by atoms with van der Waals surface area (Å²) in [7, 11) is 0. The summed E-state index contributed by atoms with van der Waals surface area (Å²) < 4.78 is 5.23. The maximum atomic E-state index is 11.6. The fourth-order valence-corrected chi connectivity index (χ4v) is 2.41. The monoisotopic (exact) mass is 268 g/mol. The van der Waals surface area contributed by atoms with Gasteiger partial charge in [0, 0.05) is 6.04 Å². The van der Waals surface area contributed by atoms with Gasteiger partial charge in [0.25, 0.3) is 0 Å². The predicted octanol–water partition coefficient (Wildman–Crippen LogP) is 2.79. The van der Waals surface area contributed by atoms with Crippen LogP contribution in [0.5, 0.6) is 0 Å². The van der Waals surface area contributed by atoms with Gasteiger partial charge in [-0.1, -0.05) is 0 Å². The van der Waals surface area contributed by atoms with Crippen LogP contribution in [0, 0.1) is 5.92 Å². The minimum atomic E-state index is -0.464. The molecule has 0 spiro atoms. The van der Waals surface area contributed by atoms with Crippen molar-refractivity contribution in [3.63, 3.8) is 0 Å². The number of hydrogen-bond donors (Lipinski definition) is 1. The molecule has 0 aromatic heterocycles. The normalized spacial score (nSPS) is 25.1. The zero-order chi connectivity index (χ0) is 14.5. The highest BCUT2D eigenvalue weighted by Crippen LogP contribution is 2.28. The number of nitrogens with zero attached hydrogens (tertiary/aromatic N) is 1. The van der Waals surface area contributed by atoms with Crippen LogP contribution in [-0.4, -0.2) is 29.9 Å². The third-order valence-corrected chi connectivity index (χ3v) is 3.43. The van der Waals surface area contributed by atoms with Gasteiger partial charge in [0.05, 0.1) is 6.04 Å². The summed E-state index contributed by atoms with van der Waals surface area (Å²) in [5.74, 6) is 0.415. The molecule has 1 fully saturated rings. The second-order valence-electron chi connectivity index (χ2n) is 6.22. The number of rotatable bonds is 3. The molecule has 1 aliphatic rings. The first-order chi connectivity index (χ1) is 8.81. The Kier molecular flexibility index (Phi) is 5.55. The summed E-state index contributed by atoms with van der Waals surface area (Å²) >= 11 is 0. The molecule has 1 atom stereocenters. The van der Waals surface area contributed by atoms with Crippen molar-refractivity contribution >= 4 is 12.2 Å². The summed E-state index contributed by atoms with van der Waals surface area (Å²) in [6, 6.07) is 0.193. The lowest BCUT2D eigenvalue weighted by atomic mass is 9.82. The van der Waals surface area contributed by atoms with Gasteiger partial charge in [-0.3, -0.25) is 0 Å². The summed E-state index contributed by atoms with van der Waals surface area (Å²) in [5.41, 5.74) is -0.464. The van der Waals surface area contributed by atoms with Gasteiger partial charge in [-0.15, -0.1) is 0 Å². The van der Waals surface area contributed by atoms with E-state index < -0.39 is 5.60 Å². The maximum Gasteiger partial charge on any atom is 0.407 e. The molecule has 1 N–H and O–H groups in total. The lowest BCUT2D eigenvalue weighted by Crippen LogP contribution is -2.41. The Morgan fingerprint density at radius 3 is 2.37 bits per heavy atom. The number of alkyl carbamates (subject to hydrolysis) is 1. The van der Waals surface area contributed by atoms with Gasteiger partial charge in [0.15, 0.2) is 0 Å². The number of isocyanates is 1. The van der Waals surface area contributed by atoms with Crippen LogP contribution >= 0.6 is 0 Å². The highest BCUT2D eigenvalue weighted by Gasteiger charge is 2.27. The molecular formula is C14H24N2O3. The van der Waals surface area contributed by atoms with E-state index in [0.717, 1.165) is 25.7 Å².